The molecule has 5 nitrogen and oxygen atoms in total. The number of hydrogen-bond acceptors (Lipinski definition) is 5. The lowest BCUT2D eigenvalue weighted by molar-refractivity contribution is -0.133. The lowest BCUT2D eigenvalue weighted by Crippen LogP contribution is -2.48. The summed E-state index contributed by atoms with van der Waals surface area (Å²) in [6.07, 6.45) is 2.35. The highest BCUT2D eigenvalue weighted by Crippen LogP contribution is 2.23. The third-order valence-electron chi connectivity index (χ3n) is 5.41. The number of fused-ring (bicyclic) bond motifs is 1. The number of nitrogens with zero attached hydrogens (tertiary/aromatic N) is 3. The molecule has 1 aliphatic heterocycles. The number of thiazole rings is 1. The zero-order valence-electron chi connectivity index (χ0n) is 16.8. The molecule has 0 N–H and O–H groups in total. The van der Waals surface area contributed by atoms with Gasteiger partial charge in [0, 0.05) is 39.1 Å². The first-order valence-corrected chi connectivity index (χ1v) is 11.0. The van der Waals surface area contributed by atoms with Crippen molar-refractivity contribution >= 4 is 27.5 Å². The second-order valence-electron chi connectivity index (χ2n) is 7.43. The smallest absolute Gasteiger partial charge is 0.222 e. The molecule has 1 fully saturated rings. The van der Waals surface area contributed by atoms with Gasteiger partial charge in [-0.2, -0.15) is 0 Å². The van der Waals surface area contributed by atoms with E-state index in [4.69, 9.17) is 4.74 Å². The predicted molar refractivity (Wildman–Crippen MR) is 117 cm³/mol. The maximum atomic E-state index is 12.6. The van der Waals surface area contributed by atoms with Crippen LogP contribution in [0.2, 0.25) is 0 Å². The minimum Gasteiger partial charge on any atom is -0.497 e. The van der Waals surface area contributed by atoms with Gasteiger partial charge in [0.05, 0.1) is 22.3 Å². The normalized spacial score (nSPS) is 15.0. The number of piperazine rings is 1. The van der Waals surface area contributed by atoms with Gasteiger partial charge < -0.3 is 9.64 Å². The molecule has 0 atom stereocenters. The minimum atomic E-state index is 0.273. The summed E-state index contributed by atoms with van der Waals surface area (Å²) in [5.74, 6) is 1.16. The number of carbonyl (C=O) groups is 1. The summed E-state index contributed by atoms with van der Waals surface area (Å²) >= 11 is 1.74. The Labute approximate surface area is 175 Å². The summed E-state index contributed by atoms with van der Waals surface area (Å²) in [7, 11) is 1.68. The van der Waals surface area contributed by atoms with E-state index in [1.165, 1.54) is 10.3 Å². The van der Waals surface area contributed by atoms with Gasteiger partial charge >= 0.3 is 0 Å². The fourth-order valence-electron chi connectivity index (χ4n) is 3.72. The number of ether oxygens (including phenoxy) is 1. The van der Waals surface area contributed by atoms with Crippen LogP contribution in [0.4, 0.5) is 0 Å². The van der Waals surface area contributed by atoms with Crippen molar-refractivity contribution in [2.24, 2.45) is 0 Å². The molecule has 1 amide bonds. The number of amides is 1. The van der Waals surface area contributed by atoms with Gasteiger partial charge in [-0.1, -0.05) is 24.3 Å². The highest BCUT2D eigenvalue weighted by molar-refractivity contribution is 7.18. The molecule has 3 aromatic rings. The zero-order valence-corrected chi connectivity index (χ0v) is 17.7. The molecule has 1 saturated heterocycles. The third kappa shape index (κ3) is 5.14. The Bertz CT molecular complexity index is 913. The molecule has 0 aliphatic carbocycles. The van der Waals surface area contributed by atoms with Crippen LogP contribution in [-0.4, -0.2) is 54.0 Å². The van der Waals surface area contributed by atoms with E-state index < -0.39 is 0 Å². The van der Waals surface area contributed by atoms with E-state index in [0.29, 0.717) is 6.42 Å². The van der Waals surface area contributed by atoms with E-state index >= 15 is 0 Å². The van der Waals surface area contributed by atoms with Crippen molar-refractivity contribution in [3.63, 3.8) is 0 Å². The van der Waals surface area contributed by atoms with E-state index in [1.54, 1.807) is 18.4 Å². The standard InChI is InChI=1S/C23H27N3O2S/c1-28-19-11-9-18(10-12-19)17-25-13-15-26(16-14-25)23(27)8-4-7-22-24-20-5-2-3-6-21(20)29-22/h2-3,5-6,9-12H,4,7-8,13-17H2,1H3. The average Bonchev–Trinajstić information content (AvgIpc) is 3.17. The number of hydrogen-bond donors (Lipinski definition) is 0. The Balaban J connectivity index is 1.19. The maximum Gasteiger partial charge on any atom is 0.222 e. The third-order valence-corrected chi connectivity index (χ3v) is 6.51. The molecule has 2 heterocycles. The van der Waals surface area contributed by atoms with Crippen LogP contribution >= 0.6 is 11.3 Å². The number of aromatic nitrogens is 1. The first-order valence-electron chi connectivity index (χ1n) is 10.2. The Morgan fingerprint density at radius 3 is 2.55 bits per heavy atom. The number of para-hydroxylation sites is 1. The van der Waals surface area contributed by atoms with Crippen LogP contribution in [0.1, 0.15) is 23.4 Å². The van der Waals surface area contributed by atoms with Gasteiger partial charge in [-0.3, -0.25) is 9.69 Å². The number of methoxy groups -OCH3 is 1. The molecule has 0 unspecified atom stereocenters. The van der Waals surface area contributed by atoms with Gasteiger partial charge in [0.1, 0.15) is 5.75 Å². The number of benzene rings is 2. The lowest BCUT2D eigenvalue weighted by atomic mass is 10.1. The lowest BCUT2D eigenvalue weighted by Gasteiger charge is -2.34. The number of carbonyl (C=O) groups excluding carboxylic acids is 1. The van der Waals surface area contributed by atoms with Gasteiger partial charge in [-0.15, -0.1) is 11.3 Å². The number of rotatable bonds is 7. The first kappa shape index (κ1) is 19.9. The van der Waals surface area contributed by atoms with Crippen molar-refractivity contribution in [1.29, 1.82) is 0 Å². The van der Waals surface area contributed by atoms with E-state index in [9.17, 15) is 4.79 Å². The monoisotopic (exact) mass is 409 g/mol. The van der Waals surface area contributed by atoms with Crippen LogP contribution in [0.15, 0.2) is 48.5 Å². The molecule has 1 aromatic heterocycles. The van der Waals surface area contributed by atoms with Gasteiger partial charge in [-0.05, 0) is 42.7 Å². The molecular weight excluding hydrogens is 382 g/mol. The van der Waals surface area contributed by atoms with E-state index in [-0.39, 0.29) is 5.91 Å². The van der Waals surface area contributed by atoms with Gasteiger partial charge in [0.15, 0.2) is 0 Å². The van der Waals surface area contributed by atoms with Crippen LogP contribution in [0, 0.1) is 0 Å². The molecule has 1 aliphatic rings. The minimum absolute atomic E-state index is 0.273. The fourth-order valence-corrected chi connectivity index (χ4v) is 4.73. The number of aryl methyl sites for hydroxylation is 1. The molecule has 152 valence electrons. The van der Waals surface area contributed by atoms with Crippen molar-refractivity contribution in [1.82, 2.24) is 14.8 Å². The molecule has 0 bridgehead atoms. The molecule has 6 heteroatoms. The van der Waals surface area contributed by atoms with Crippen molar-refractivity contribution in [2.75, 3.05) is 33.3 Å². The summed E-state index contributed by atoms with van der Waals surface area (Å²) in [5, 5.41) is 1.13. The molecular formula is C23H27N3O2S. The summed E-state index contributed by atoms with van der Waals surface area (Å²) in [4.78, 5) is 21.7. The highest BCUT2D eigenvalue weighted by Gasteiger charge is 2.21. The van der Waals surface area contributed by atoms with E-state index in [0.717, 1.165) is 61.8 Å². The van der Waals surface area contributed by atoms with Crippen molar-refractivity contribution in [3.05, 3.63) is 59.1 Å². The van der Waals surface area contributed by atoms with Gasteiger partial charge in [0.25, 0.3) is 0 Å². The van der Waals surface area contributed by atoms with Gasteiger partial charge in [-0.25, -0.2) is 4.98 Å². The van der Waals surface area contributed by atoms with Crippen LogP contribution in [0.3, 0.4) is 0 Å². The van der Waals surface area contributed by atoms with Crippen molar-refractivity contribution < 1.29 is 9.53 Å². The molecule has 0 saturated carbocycles. The Morgan fingerprint density at radius 1 is 1.07 bits per heavy atom. The quantitative estimate of drug-likeness (QED) is 0.592. The molecule has 29 heavy (non-hydrogen) atoms. The van der Waals surface area contributed by atoms with Crippen LogP contribution in [0.5, 0.6) is 5.75 Å². The maximum absolute atomic E-state index is 12.6. The highest BCUT2D eigenvalue weighted by atomic mass is 32.1. The molecule has 0 radical (unpaired) electrons. The van der Waals surface area contributed by atoms with Crippen LogP contribution in [0.25, 0.3) is 10.2 Å². The topological polar surface area (TPSA) is 45.7 Å². The van der Waals surface area contributed by atoms with Crippen molar-refractivity contribution in [3.8, 4) is 5.75 Å². The molecule has 4 rings (SSSR count). The Hall–Kier alpha value is -2.44. The second kappa shape index (κ2) is 9.37. The summed E-state index contributed by atoms with van der Waals surface area (Å²) in [5.41, 5.74) is 2.34. The Kier molecular flexibility index (Phi) is 6.42. The SMILES string of the molecule is COc1ccc(CN2CCN(C(=O)CCCc3nc4ccccc4s3)CC2)cc1. The summed E-state index contributed by atoms with van der Waals surface area (Å²) in [6, 6.07) is 16.4. The largest absolute Gasteiger partial charge is 0.497 e. The van der Waals surface area contributed by atoms with E-state index in [1.807, 2.05) is 35.2 Å². The Morgan fingerprint density at radius 2 is 1.83 bits per heavy atom. The average molecular weight is 410 g/mol. The fraction of sp³-hybridized carbons (Fsp3) is 0.391. The summed E-state index contributed by atoms with van der Waals surface area (Å²) in [6.45, 7) is 4.40. The summed E-state index contributed by atoms with van der Waals surface area (Å²) < 4.78 is 6.44. The first-order chi connectivity index (χ1) is 14.2. The van der Waals surface area contributed by atoms with Gasteiger partial charge in [0.2, 0.25) is 5.91 Å². The van der Waals surface area contributed by atoms with E-state index in [2.05, 4.69) is 28.1 Å². The van der Waals surface area contributed by atoms with Crippen molar-refractivity contribution in [2.45, 2.75) is 25.8 Å². The second-order valence-corrected chi connectivity index (χ2v) is 8.55. The zero-order chi connectivity index (χ0) is 20.1. The molecule has 2 aromatic carbocycles. The molecule has 0 spiro atoms. The van der Waals surface area contributed by atoms with Crippen LogP contribution < -0.4 is 4.74 Å². The predicted octanol–water partition coefficient (Wildman–Crippen LogP) is 3.97. The van der Waals surface area contributed by atoms with Crippen LogP contribution in [-0.2, 0) is 17.8 Å².